The maximum Gasteiger partial charge on any atom is 0.132 e. The van der Waals surface area contributed by atoms with E-state index < -0.39 is 0 Å². The summed E-state index contributed by atoms with van der Waals surface area (Å²) in [5, 5.41) is 0.442. The monoisotopic (exact) mass is 318 g/mol. The van der Waals surface area contributed by atoms with E-state index in [2.05, 4.69) is 11.5 Å². The Morgan fingerprint density at radius 1 is 1.10 bits per heavy atom. The van der Waals surface area contributed by atoms with Gasteiger partial charge in [0.2, 0.25) is 0 Å². The van der Waals surface area contributed by atoms with E-state index in [0.717, 1.165) is 40.4 Å². The molecule has 0 aliphatic heterocycles. The van der Waals surface area contributed by atoms with E-state index in [0.29, 0.717) is 0 Å². The van der Waals surface area contributed by atoms with Crippen LogP contribution in [0, 0.1) is 0 Å². The molecule has 4 heteroatoms. The fourth-order valence-electron chi connectivity index (χ4n) is 2.57. The molecule has 21 heavy (non-hydrogen) atoms. The number of para-hydroxylation sites is 1. The van der Waals surface area contributed by atoms with Gasteiger partial charge in [-0.3, -0.25) is 0 Å². The van der Waals surface area contributed by atoms with E-state index in [9.17, 15) is 0 Å². The molecule has 0 saturated carbocycles. The number of aromatic nitrogens is 2. The van der Waals surface area contributed by atoms with Crippen molar-refractivity contribution in [1.29, 1.82) is 0 Å². The molecule has 108 valence electrons. The van der Waals surface area contributed by atoms with Crippen LogP contribution in [0.15, 0.2) is 48.5 Å². The van der Waals surface area contributed by atoms with E-state index in [4.69, 9.17) is 28.2 Å². The lowest BCUT2D eigenvalue weighted by Gasteiger charge is -2.13. The first-order valence-electron chi connectivity index (χ1n) is 7.06. The molecule has 0 aliphatic rings. The van der Waals surface area contributed by atoms with Crippen LogP contribution in [0.3, 0.4) is 0 Å². The Kier molecular flexibility index (Phi) is 4.18. The first kappa shape index (κ1) is 14.4. The van der Waals surface area contributed by atoms with Gasteiger partial charge in [0.25, 0.3) is 0 Å². The summed E-state index contributed by atoms with van der Waals surface area (Å²) in [4.78, 5) is 4.71. The van der Waals surface area contributed by atoms with Crippen LogP contribution in [0.2, 0.25) is 5.02 Å². The van der Waals surface area contributed by atoms with E-state index in [-0.39, 0.29) is 5.38 Å². The molecule has 3 aromatic rings. The minimum Gasteiger partial charge on any atom is -0.325 e. The number of hydrogen-bond donors (Lipinski definition) is 0. The Morgan fingerprint density at radius 2 is 1.86 bits per heavy atom. The van der Waals surface area contributed by atoms with Crippen LogP contribution in [0.25, 0.3) is 11.0 Å². The number of aryl methyl sites for hydroxylation is 1. The minimum absolute atomic E-state index is 0.277. The number of imidazole rings is 1. The molecule has 0 bridgehead atoms. The third-order valence-corrected chi connectivity index (χ3v) is 4.27. The zero-order valence-corrected chi connectivity index (χ0v) is 13.3. The Balaban J connectivity index is 2.18. The van der Waals surface area contributed by atoms with Gasteiger partial charge in [-0.2, -0.15) is 0 Å². The first-order chi connectivity index (χ1) is 10.2. The van der Waals surface area contributed by atoms with Crippen molar-refractivity contribution in [3.05, 3.63) is 64.9 Å². The third kappa shape index (κ3) is 2.66. The van der Waals surface area contributed by atoms with Crippen LogP contribution in [-0.4, -0.2) is 9.55 Å². The summed E-state index contributed by atoms with van der Waals surface area (Å²) in [5.74, 6) is 0.854. The maximum absolute atomic E-state index is 6.67. The lowest BCUT2D eigenvalue weighted by molar-refractivity contribution is 0.660. The van der Waals surface area contributed by atoms with Crippen molar-refractivity contribution in [3.63, 3.8) is 0 Å². The summed E-state index contributed by atoms with van der Waals surface area (Å²) >= 11 is 13.0. The molecule has 0 N–H and O–H groups in total. The van der Waals surface area contributed by atoms with Crippen molar-refractivity contribution in [2.24, 2.45) is 0 Å². The number of fused-ring (bicyclic) bond motifs is 1. The highest BCUT2D eigenvalue weighted by Gasteiger charge is 2.20. The van der Waals surface area contributed by atoms with E-state index in [1.807, 2.05) is 48.5 Å². The van der Waals surface area contributed by atoms with Crippen molar-refractivity contribution in [1.82, 2.24) is 9.55 Å². The maximum atomic E-state index is 6.67. The van der Waals surface area contributed by atoms with Crippen LogP contribution in [0.5, 0.6) is 0 Å². The highest BCUT2D eigenvalue weighted by molar-refractivity contribution is 6.35. The molecular weight excluding hydrogens is 303 g/mol. The van der Waals surface area contributed by atoms with Crippen LogP contribution >= 0.6 is 23.2 Å². The van der Waals surface area contributed by atoms with Gasteiger partial charge in [-0.15, -0.1) is 11.6 Å². The number of benzene rings is 2. The van der Waals surface area contributed by atoms with Crippen LogP contribution in [0.1, 0.15) is 30.1 Å². The summed E-state index contributed by atoms with van der Waals surface area (Å²) < 4.78 is 2.14. The zero-order valence-electron chi connectivity index (χ0n) is 11.8. The number of halogens is 2. The normalized spacial score (nSPS) is 12.7. The molecule has 3 rings (SSSR count). The van der Waals surface area contributed by atoms with Gasteiger partial charge in [0.05, 0.1) is 16.1 Å². The van der Waals surface area contributed by atoms with Crippen LogP contribution in [0.4, 0.5) is 0 Å². The van der Waals surface area contributed by atoms with Gasteiger partial charge >= 0.3 is 0 Å². The summed E-state index contributed by atoms with van der Waals surface area (Å²) in [6, 6.07) is 15.8. The van der Waals surface area contributed by atoms with Crippen molar-refractivity contribution in [2.45, 2.75) is 25.3 Å². The highest BCUT2D eigenvalue weighted by Crippen LogP contribution is 2.33. The Hall–Kier alpha value is -1.51. The Labute approximate surface area is 134 Å². The van der Waals surface area contributed by atoms with E-state index in [1.165, 1.54) is 0 Å². The van der Waals surface area contributed by atoms with Crippen molar-refractivity contribution < 1.29 is 0 Å². The van der Waals surface area contributed by atoms with Gasteiger partial charge in [0, 0.05) is 6.54 Å². The molecule has 1 heterocycles. The summed E-state index contributed by atoms with van der Waals surface area (Å²) in [6.45, 7) is 2.99. The molecular formula is C17H16Cl2N2. The number of rotatable bonds is 4. The van der Waals surface area contributed by atoms with Gasteiger partial charge < -0.3 is 4.57 Å². The molecule has 1 atom stereocenters. The molecule has 0 spiro atoms. The molecule has 2 nitrogen and oxygen atoms in total. The zero-order chi connectivity index (χ0) is 14.8. The lowest BCUT2D eigenvalue weighted by atomic mass is 10.1. The first-order valence-corrected chi connectivity index (χ1v) is 7.87. The number of hydrogen-bond acceptors (Lipinski definition) is 1. The van der Waals surface area contributed by atoms with Crippen LogP contribution < -0.4 is 0 Å². The summed E-state index contributed by atoms with van der Waals surface area (Å²) in [5.41, 5.74) is 2.91. The Bertz CT molecular complexity index is 750. The van der Waals surface area contributed by atoms with Crippen molar-refractivity contribution in [2.75, 3.05) is 0 Å². The van der Waals surface area contributed by atoms with Gasteiger partial charge in [0.15, 0.2) is 0 Å². The average molecular weight is 319 g/mol. The predicted octanol–water partition coefficient (Wildman–Crippen LogP) is 5.43. The van der Waals surface area contributed by atoms with Gasteiger partial charge in [0.1, 0.15) is 11.2 Å². The van der Waals surface area contributed by atoms with Crippen LogP contribution in [-0.2, 0) is 6.54 Å². The van der Waals surface area contributed by atoms with Gasteiger partial charge in [-0.25, -0.2) is 4.98 Å². The van der Waals surface area contributed by atoms with Crippen molar-refractivity contribution >= 4 is 34.2 Å². The standard InChI is InChI=1S/C17H16Cl2N2/c1-2-11-21-16-13(18)9-6-10-14(16)20-17(21)15(19)12-7-4-3-5-8-12/h3-10,15H,2,11H2,1H3. The second-order valence-electron chi connectivity index (χ2n) is 5.00. The molecule has 1 unspecified atom stereocenters. The SMILES string of the molecule is CCCn1c(C(Cl)c2ccccc2)nc2cccc(Cl)c21. The molecule has 0 radical (unpaired) electrons. The number of nitrogens with zero attached hydrogens (tertiary/aromatic N) is 2. The fourth-order valence-corrected chi connectivity index (χ4v) is 3.16. The summed E-state index contributed by atoms with van der Waals surface area (Å²) in [6.07, 6.45) is 1.00. The molecule has 0 amide bonds. The Morgan fingerprint density at radius 3 is 2.57 bits per heavy atom. The second kappa shape index (κ2) is 6.08. The van der Waals surface area contributed by atoms with E-state index >= 15 is 0 Å². The molecule has 1 aromatic heterocycles. The largest absolute Gasteiger partial charge is 0.325 e. The second-order valence-corrected chi connectivity index (χ2v) is 5.85. The average Bonchev–Trinajstić information content (AvgIpc) is 2.88. The van der Waals surface area contributed by atoms with Gasteiger partial charge in [-0.1, -0.05) is 54.9 Å². The molecule has 0 aliphatic carbocycles. The quantitative estimate of drug-likeness (QED) is 0.586. The number of alkyl halides is 1. The topological polar surface area (TPSA) is 17.8 Å². The lowest BCUT2D eigenvalue weighted by Crippen LogP contribution is -2.06. The highest BCUT2D eigenvalue weighted by atomic mass is 35.5. The summed E-state index contributed by atoms with van der Waals surface area (Å²) in [7, 11) is 0. The van der Waals surface area contributed by atoms with E-state index in [1.54, 1.807) is 0 Å². The third-order valence-electron chi connectivity index (χ3n) is 3.51. The fraction of sp³-hybridized carbons (Fsp3) is 0.235. The molecule has 2 aromatic carbocycles. The van der Waals surface area contributed by atoms with Gasteiger partial charge in [-0.05, 0) is 24.1 Å². The molecule has 0 saturated heterocycles. The minimum atomic E-state index is -0.277. The van der Waals surface area contributed by atoms with Crippen molar-refractivity contribution in [3.8, 4) is 0 Å². The molecule has 0 fully saturated rings. The smallest absolute Gasteiger partial charge is 0.132 e. The predicted molar refractivity (Wildman–Crippen MR) is 89.2 cm³/mol.